The Balaban J connectivity index is 0.00000116. The Bertz CT molecular complexity index is 2300. The van der Waals surface area contributed by atoms with Crippen LogP contribution in [-0.4, -0.2) is 69.3 Å². The number of hydrogen-bond donors (Lipinski definition) is 2. The number of halogens is 1. The first kappa shape index (κ1) is 37.0. The van der Waals surface area contributed by atoms with Crippen molar-refractivity contribution in [3.05, 3.63) is 113 Å². The predicted octanol–water partition coefficient (Wildman–Crippen LogP) is 6.65. The van der Waals surface area contributed by atoms with E-state index in [0.29, 0.717) is 11.4 Å². The van der Waals surface area contributed by atoms with Gasteiger partial charge in [-0.15, -0.1) is 0 Å². The van der Waals surface area contributed by atoms with E-state index < -0.39 is 5.82 Å². The summed E-state index contributed by atoms with van der Waals surface area (Å²) in [6.07, 6.45) is 4.33. The van der Waals surface area contributed by atoms with Crippen LogP contribution in [0.5, 0.6) is 5.88 Å². The fourth-order valence-corrected chi connectivity index (χ4v) is 6.74. The zero-order valence-electron chi connectivity index (χ0n) is 30.2. The van der Waals surface area contributed by atoms with Crippen LogP contribution in [0.25, 0.3) is 38.6 Å². The number of nitrogens with one attached hydrogen (secondary N) is 1. The first-order chi connectivity index (χ1) is 25.9. The van der Waals surface area contributed by atoms with Crippen molar-refractivity contribution in [1.29, 1.82) is 5.26 Å². The number of aromatic amines is 1. The zero-order chi connectivity index (χ0) is 37.5. The van der Waals surface area contributed by atoms with Crippen molar-refractivity contribution < 1.29 is 18.7 Å². The Kier molecular flexibility index (Phi) is 11.7. The molecule has 0 radical (unpaired) electrons. The number of nitrogens with two attached hydrogens (primary N) is 1. The summed E-state index contributed by atoms with van der Waals surface area (Å²) in [5.41, 5.74) is 14.9. The van der Waals surface area contributed by atoms with Crippen molar-refractivity contribution in [2.45, 2.75) is 52.5 Å². The van der Waals surface area contributed by atoms with Gasteiger partial charge in [-0.25, -0.2) is 14.4 Å². The molecule has 3 aromatic carbocycles. The highest BCUT2D eigenvalue weighted by Gasteiger charge is 2.24. The van der Waals surface area contributed by atoms with Crippen molar-refractivity contribution in [1.82, 2.24) is 29.6 Å². The zero-order valence-corrected chi connectivity index (χ0v) is 30.2. The van der Waals surface area contributed by atoms with Crippen LogP contribution in [0.3, 0.4) is 0 Å². The monoisotopic (exact) mass is 714 g/mol. The highest BCUT2D eigenvalue weighted by Crippen LogP contribution is 2.32. The molecule has 272 valence electrons. The Hall–Kier alpha value is -5.74. The number of pyridine rings is 1. The molecule has 1 saturated heterocycles. The number of rotatable bonds is 9. The van der Waals surface area contributed by atoms with Crippen LogP contribution in [0.4, 0.5) is 4.39 Å². The molecular weight excluding hydrogens is 672 g/mol. The molecule has 3 aromatic heterocycles. The molecule has 0 saturated carbocycles. The summed E-state index contributed by atoms with van der Waals surface area (Å²) in [5.74, 6) is 1.02. The maximum Gasteiger partial charge on any atom is 0.214 e. The topological polar surface area (TPSA) is 148 Å². The number of H-pyrrole nitrogens is 1. The van der Waals surface area contributed by atoms with Crippen LogP contribution in [0, 0.1) is 31.0 Å². The van der Waals surface area contributed by atoms with E-state index in [9.17, 15) is 4.39 Å². The molecule has 6 aromatic rings. The first-order valence-corrected chi connectivity index (χ1v) is 17.5. The molecule has 0 spiro atoms. The van der Waals surface area contributed by atoms with Crippen molar-refractivity contribution in [2.24, 2.45) is 5.73 Å². The number of nitrogens with zero attached hydrogens (tertiary/aromatic N) is 6. The van der Waals surface area contributed by atoms with E-state index in [2.05, 4.69) is 75.7 Å². The molecule has 53 heavy (non-hydrogen) atoms. The summed E-state index contributed by atoms with van der Waals surface area (Å²) in [7, 11) is 1.50. The van der Waals surface area contributed by atoms with E-state index in [1.165, 1.54) is 18.7 Å². The normalized spacial score (nSPS) is 15.4. The van der Waals surface area contributed by atoms with E-state index in [4.69, 9.17) is 29.5 Å². The number of benzene rings is 3. The number of aryl methyl sites for hydroxylation is 2. The maximum atomic E-state index is 14.3. The molecule has 12 heteroatoms. The molecule has 2 aliphatic heterocycles. The number of carbonyl (C=O) groups excluding carboxylic acids is 1. The van der Waals surface area contributed by atoms with Gasteiger partial charge in [0.2, 0.25) is 5.88 Å². The Morgan fingerprint density at radius 1 is 1.08 bits per heavy atom. The third-order valence-electron chi connectivity index (χ3n) is 9.65. The molecule has 5 heterocycles. The minimum Gasteiger partial charge on any atom is -0.473 e. The number of aromatic nitrogens is 5. The standard InChI is InChI=1S/C39H36FN7O2.CH5N.CH2O/c1-24-16-30(18-32-25(2)44-45-39(24)32)28-8-9-35-36(19-28)47(21-31-12-15-48-31)37(42-35)22-46-13-10-27(11-14-46)34-4-3-5-38(43-34)49-23-29-7-6-26(20-41)17-33(29)40;2*1-2/h3-10,16-19,31H,11-15,21-23H2,1-2H3,(H,44,45);2H2,1H3;1H2. The molecule has 0 bridgehead atoms. The largest absolute Gasteiger partial charge is 0.473 e. The van der Waals surface area contributed by atoms with Gasteiger partial charge in [0.1, 0.15) is 25.0 Å². The van der Waals surface area contributed by atoms with Crippen LogP contribution >= 0.6 is 0 Å². The first-order valence-electron chi connectivity index (χ1n) is 17.5. The molecule has 2 aliphatic rings. The molecule has 1 fully saturated rings. The second-order valence-electron chi connectivity index (χ2n) is 12.9. The van der Waals surface area contributed by atoms with E-state index >= 15 is 0 Å². The van der Waals surface area contributed by atoms with E-state index in [-0.39, 0.29) is 18.3 Å². The van der Waals surface area contributed by atoms with Gasteiger partial charge >= 0.3 is 0 Å². The minimum absolute atomic E-state index is 0.0359. The van der Waals surface area contributed by atoms with Gasteiger partial charge in [0.05, 0.1) is 53.1 Å². The Morgan fingerprint density at radius 3 is 2.62 bits per heavy atom. The summed E-state index contributed by atoms with van der Waals surface area (Å²) in [4.78, 5) is 20.3. The van der Waals surface area contributed by atoms with E-state index in [0.717, 1.165) is 101 Å². The van der Waals surface area contributed by atoms with Crippen molar-refractivity contribution in [2.75, 3.05) is 26.7 Å². The van der Waals surface area contributed by atoms with Gasteiger partial charge in [-0.2, -0.15) is 10.4 Å². The van der Waals surface area contributed by atoms with E-state index in [1.807, 2.05) is 25.0 Å². The molecular formula is C41H43FN8O3. The lowest BCUT2D eigenvalue weighted by Crippen LogP contribution is -2.33. The average molecular weight is 715 g/mol. The molecule has 0 amide bonds. The summed E-state index contributed by atoms with van der Waals surface area (Å²) in [6.45, 7) is 10.2. The van der Waals surface area contributed by atoms with Gasteiger partial charge in [-0.1, -0.05) is 24.3 Å². The molecule has 0 aliphatic carbocycles. The number of imidazole rings is 1. The summed E-state index contributed by atoms with van der Waals surface area (Å²) in [6, 6.07) is 23.0. The lowest BCUT2D eigenvalue weighted by atomic mass is 9.99. The highest BCUT2D eigenvalue weighted by atomic mass is 19.1. The van der Waals surface area contributed by atoms with Gasteiger partial charge in [0.15, 0.2) is 0 Å². The lowest BCUT2D eigenvalue weighted by Gasteiger charge is -2.29. The fourth-order valence-electron chi connectivity index (χ4n) is 6.74. The number of carbonyl (C=O) groups is 1. The maximum absolute atomic E-state index is 14.3. The van der Waals surface area contributed by atoms with Gasteiger partial charge < -0.3 is 24.6 Å². The average Bonchev–Trinajstić information content (AvgIpc) is 3.73. The number of hydrogen-bond acceptors (Lipinski definition) is 9. The van der Waals surface area contributed by atoms with Crippen LogP contribution in [0.15, 0.2) is 72.8 Å². The number of nitriles is 1. The number of ether oxygens (including phenoxy) is 2. The third-order valence-corrected chi connectivity index (χ3v) is 9.65. The third kappa shape index (κ3) is 8.03. The number of fused-ring (bicyclic) bond motifs is 2. The summed E-state index contributed by atoms with van der Waals surface area (Å²) in [5, 5.41) is 17.8. The SMILES string of the molecule is C=O.CN.Cc1[nH]nc2c(C)cc(-c3ccc4nc(CN5CC=C(c6cccc(OCc7ccc(C#N)cc7F)n6)CC5)n(CC5CCO5)c4c3)cc12. The van der Waals surface area contributed by atoms with Gasteiger partial charge in [0, 0.05) is 42.4 Å². The molecule has 11 nitrogen and oxygen atoms in total. The van der Waals surface area contributed by atoms with Gasteiger partial charge in [-0.3, -0.25) is 10.00 Å². The highest BCUT2D eigenvalue weighted by molar-refractivity contribution is 5.91. The van der Waals surface area contributed by atoms with Crippen LogP contribution in [0.2, 0.25) is 0 Å². The summed E-state index contributed by atoms with van der Waals surface area (Å²) >= 11 is 0. The van der Waals surface area contributed by atoms with Crippen LogP contribution < -0.4 is 10.5 Å². The second-order valence-corrected chi connectivity index (χ2v) is 12.9. The van der Waals surface area contributed by atoms with Crippen LogP contribution in [-0.2, 0) is 29.2 Å². The van der Waals surface area contributed by atoms with Crippen molar-refractivity contribution >= 4 is 34.3 Å². The quantitative estimate of drug-likeness (QED) is 0.168. The van der Waals surface area contributed by atoms with Crippen LogP contribution in [0.1, 0.15) is 46.7 Å². The van der Waals surface area contributed by atoms with Crippen molar-refractivity contribution in [3.8, 4) is 23.1 Å². The molecule has 1 atom stereocenters. The van der Waals surface area contributed by atoms with Gasteiger partial charge in [-0.05, 0) is 98.5 Å². The fraction of sp³-hybridized carbons (Fsp3) is 0.293. The van der Waals surface area contributed by atoms with E-state index in [1.54, 1.807) is 18.2 Å². The minimum atomic E-state index is -0.461. The Labute approximate surface area is 307 Å². The predicted molar refractivity (Wildman–Crippen MR) is 203 cm³/mol. The second kappa shape index (κ2) is 16.7. The summed E-state index contributed by atoms with van der Waals surface area (Å²) < 4.78 is 28.4. The Morgan fingerprint density at radius 2 is 1.91 bits per heavy atom. The van der Waals surface area contributed by atoms with Crippen molar-refractivity contribution in [3.63, 3.8) is 0 Å². The molecule has 3 N–H and O–H groups in total. The molecule has 8 rings (SSSR count). The van der Waals surface area contributed by atoms with Gasteiger partial charge in [0.25, 0.3) is 0 Å². The molecule has 1 unspecified atom stereocenters. The smallest absolute Gasteiger partial charge is 0.214 e. The lowest BCUT2D eigenvalue weighted by molar-refractivity contribution is -0.0980.